The van der Waals surface area contributed by atoms with E-state index in [9.17, 15) is 4.79 Å². The SMILES string of the molecule is N=C1SCCN1C(=O)NS. The van der Waals surface area contributed by atoms with Gasteiger partial charge in [0.1, 0.15) is 0 Å². The fraction of sp³-hybridized carbons (Fsp3) is 0.500. The molecule has 1 saturated heterocycles. The summed E-state index contributed by atoms with van der Waals surface area (Å²) in [4.78, 5) is 12.2. The second kappa shape index (κ2) is 3.16. The zero-order valence-electron chi connectivity index (χ0n) is 5.13. The number of amides is 2. The third-order valence-corrected chi connectivity index (χ3v) is 2.21. The highest BCUT2D eigenvalue weighted by molar-refractivity contribution is 8.14. The molecule has 0 aromatic rings. The monoisotopic (exact) mass is 177 g/mol. The van der Waals surface area contributed by atoms with Gasteiger partial charge in [0.05, 0.1) is 0 Å². The van der Waals surface area contributed by atoms with Crippen molar-refractivity contribution >= 4 is 35.8 Å². The topological polar surface area (TPSA) is 56.2 Å². The Bertz CT molecular complexity index is 172. The minimum absolute atomic E-state index is 0.298. The van der Waals surface area contributed by atoms with E-state index < -0.39 is 0 Å². The van der Waals surface area contributed by atoms with Crippen molar-refractivity contribution in [1.29, 1.82) is 5.41 Å². The quantitative estimate of drug-likeness (QED) is 0.473. The third kappa shape index (κ3) is 1.38. The van der Waals surface area contributed by atoms with Crippen molar-refractivity contribution in [2.75, 3.05) is 12.3 Å². The molecule has 0 aliphatic carbocycles. The number of rotatable bonds is 0. The van der Waals surface area contributed by atoms with Crippen LogP contribution in [0.5, 0.6) is 0 Å². The van der Waals surface area contributed by atoms with Crippen LogP contribution in [-0.2, 0) is 0 Å². The molecule has 1 heterocycles. The molecule has 0 aromatic heterocycles. The van der Waals surface area contributed by atoms with Gasteiger partial charge < -0.3 is 0 Å². The van der Waals surface area contributed by atoms with Gasteiger partial charge in [-0.2, -0.15) is 0 Å². The zero-order valence-corrected chi connectivity index (χ0v) is 6.84. The maximum atomic E-state index is 10.8. The average Bonchev–Trinajstić information content (AvgIpc) is 2.34. The minimum Gasteiger partial charge on any atom is -0.284 e. The normalized spacial score (nSPS) is 17.7. The second-order valence-corrected chi connectivity index (χ2v) is 3.03. The summed E-state index contributed by atoms with van der Waals surface area (Å²) < 4.78 is 2.16. The highest BCUT2D eigenvalue weighted by atomic mass is 32.2. The highest BCUT2D eigenvalue weighted by Crippen LogP contribution is 2.15. The third-order valence-electron chi connectivity index (χ3n) is 1.14. The smallest absolute Gasteiger partial charge is 0.284 e. The number of hydrogen-bond acceptors (Lipinski definition) is 4. The van der Waals surface area contributed by atoms with Crippen LogP contribution in [0.15, 0.2) is 0 Å². The Hall–Kier alpha value is -0.360. The average molecular weight is 177 g/mol. The summed E-state index contributed by atoms with van der Waals surface area (Å²) in [6.07, 6.45) is 0. The Balaban J connectivity index is 2.55. The minimum atomic E-state index is -0.321. The number of urea groups is 1. The summed E-state index contributed by atoms with van der Waals surface area (Å²) in [6, 6.07) is -0.321. The van der Waals surface area contributed by atoms with Crippen molar-refractivity contribution in [2.45, 2.75) is 0 Å². The van der Waals surface area contributed by atoms with Gasteiger partial charge in [0, 0.05) is 12.3 Å². The maximum Gasteiger partial charge on any atom is 0.333 e. The second-order valence-electron chi connectivity index (χ2n) is 1.72. The molecule has 6 heteroatoms. The molecular formula is C4H7N3OS2. The number of thioether (sulfide) groups is 1. The van der Waals surface area contributed by atoms with Gasteiger partial charge in [-0.3, -0.25) is 15.0 Å². The Morgan fingerprint density at radius 1 is 1.90 bits per heavy atom. The molecule has 0 saturated carbocycles. The number of carbonyl (C=O) groups is 1. The van der Waals surface area contributed by atoms with E-state index in [2.05, 4.69) is 17.5 Å². The van der Waals surface area contributed by atoms with Crippen LogP contribution in [0.4, 0.5) is 4.79 Å². The largest absolute Gasteiger partial charge is 0.333 e. The van der Waals surface area contributed by atoms with E-state index >= 15 is 0 Å². The van der Waals surface area contributed by atoms with Crippen molar-refractivity contribution in [3.05, 3.63) is 0 Å². The number of carbonyl (C=O) groups excluding carboxylic acids is 1. The molecule has 0 unspecified atom stereocenters. The van der Waals surface area contributed by atoms with Crippen LogP contribution >= 0.6 is 24.6 Å². The summed E-state index contributed by atoms with van der Waals surface area (Å²) in [5.41, 5.74) is 0. The molecule has 0 atom stereocenters. The first kappa shape index (κ1) is 7.74. The maximum absolute atomic E-state index is 10.8. The molecule has 4 nitrogen and oxygen atoms in total. The summed E-state index contributed by atoms with van der Waals surface area (Å²) in [5.74, 6) is 0.806. The number of hydrogen-bond donors (Lipinski definition) is 3. The Morgan fingerprint density at radius 2 is 2.60 bits per heavy atom. The van der Waals surface area contributed by atoms with Gasteiger partial charge in [0.25, 0.3) is 0 Å². The predicted molar refractivity (Wildman–Crippen MR) is 44.4 cm³/mol. The van der Waals surface area contributed by atoms with E-state index in [1.54, 1.807) is 0 Å². The van der Waals surface area contributed by atoms with Crippen LogP contribution in [0, 0.1) is 5.41 Å². The Labute approximate surface area is 68.4 Å². The first-order chi connectivity index (χ1) is 4.75. The molecule has 0 radical (unpaired) electrons. The first-order valence-corrected chi connectivity index (χ1v) is 4.12. The fourth-order valence-corrected chi connectivity index (χ4v) is 1.59. The molecular weight excluding hydrogens is 170 g/mol. The van der Waals surface area contributed by atoms with Crippen molar-refractivity contribution in [3.8, 4) is 0 Å². The van der Waals surface area contributed by atoms with Gasteiger partial charge in [0.15, 0.2) is 5.17 Å². The molecule has 2 amide bonds. The van der Waals surface area contributed by atoms with Crippen LogP contribution in [-0.4, -0.2) is 28.4 Å². The zero-order chi connectivity index (χ0) is 7.56. The van der Waals surface area contributed by atoms with Gasteiger partial charge >= 0.3 is 6.03 Å². The molecule has 1 rings (SSSR count). The molecule has 1 fully saturated rings. The molecule has 56 valence electrons. The van der Waals surface area contributed by atoms with Crippen molar-refractivity contribution in [1.82, 2.24) is 9.62 Å². The van der Waals surface area contributed by atoms with Gasteiger partial charge in [-0.05, 0) is 0 Å². The van der Waals surface area contributed by atoms with Crippen LogP contribution in [0.1, 0.15) is 0 Å². The van der Waals surface area contributed by atoms with E-state index in [1.165, 1.54) is 16.7 Å². The number of thiol groups is 1. The van der Waals surface area contributed by atoms with Crippen LogP contribution < -0.4 is 4.72 Å². The van der Waals surface area contributed by atoms with E-state index in [0.29, 0.717) is 11.7 Å². The van der Waals surface area contributed by atoms with E-state index in [0.717, 1.165) is 5.75 Å². The summed E-state index contributed by atoms with van der Waals surface area (Å²) in [7, 11) is 0. The van der Waals surface area contributed by atoms with E-state index in [-0.39, 0.29) is 6.03 Å². The fourth-order valence-electron chi connectivity index (χ4n) is 0.667. The predicted octanol–water partition coefficient (Wildman–Crippen LogP) is 0.524. The van der Waals surface area contributed by atoms with Crippen molar-refractivity contribution in [3.63, 3.8) is 0 Å². The lowest BCUT2D eigenvalue weighted by atomic mass is 10.6. The van der Waals surface area contributed by atoms with Crippen LogP contribution in [0.25, 0.3) is 0 Å². The van der Waals surface area contributed by atoms with Crippen molar-refractivity contribution in [2.24, 2.45) is 0 Å². The Kier molecular flexibility index (Phi) is 2.44. The summed E-state index contributed by atoms with van der Waals surface area (Å²) in [6.45, 7) is 0.607. The molecule has 0 aromatic carbocycles. The molecule has 2 N–H and O–H groups in total. The number of nitrogens with one attached hydrogen (secondary N) is 2. The molecule has 0 spiro atoms. The molecule has 0 bridgehead atoms. The highest BCUT2D eigenvalue weighted by Gasteiger charge is 2.22. The standard InChI is InChI=1S/C4H7N3OS2/c5-3-7(1-2-10-3)4(8)6-9/h5,9H,1-2H2,(H,6,8). The molecule has 1 aliphatic rings. The lowest BCUT2D eigenvalue weighted by molar-refractivity contribution is 0.230. The number of nitrogens with zero attached hydrogens (tertiary/aromatic N) is 1. The number of amidine groups is 1. The molecule has 10 heavy (non-hydrogen) atoms. The van der Waals surface area contributed by atoms with Gasteiger partial charge in [-0.1, -0.05) is 24.6 Å². The lowest BCUT2D eigenvalue weighted by Gasteiger charge is -2.11. The van der Waals surface area contributed by atoms with E-state index in [1.807, 2.05) is 0 Å². The summed E-state index contributed by atoms with van der Waals surface area (Å²) >= 11 is 4.95. The molecule has 1 aliphatic heterocycles. The lowest BCUT2D eigenvalue weighted by Crippen LogP contribution is -2.36. The Morgan fingerprint density at radius 3 is 3.00 bits per heavy atom. The van der Waals surface area contributed by atoms with Gasteiger partial charge in [-0.25, -0.2) is 4.79 Å². The van der Waals surface area contributed by atoms with Crippen LogP contribution in [0.3, 0.4) is 0 Å². The first-order valence-electron chi connectivity index (χ1n) is 2.68. The van der Waals surface area contributed by atoms with Crippen molar-refractivity contribution < 1.29 is 4.79 Å². The van der Waals surface area contributed by atoms with Gasteiger partial charge in [0.2, 0.25) is 0 Å². The van der Waals surface area contributed by atoms with Crippen LogP contribution in [0.2, 0.25) is 0 Å². The van der Waals surface area contributed by atoms with E-state index in [4.69, 9.17) is 5.41 Å². The summed E-state index contributed by atoms with van der Waals surface area (Å²) in [5, 5.41) is 7.53. The van der Waals surface area contributed by atoms with Gasteiger partial charge in [-0.15, -0.1) is 0 Å².